The summed E-state index contributed by atoms with van der Waals surface area (Å²) in [5.41, 5.74) is 9.10. The average Bonchev–Trinajstić information content (AvgIpc) is 2.33. The lowest BCUT2D eigenvalue weighted by atomic mass is 9.88. The van der Waals surface area contributed by atoms with Crippen molar-refractivity contribution in [1.82, 2.24) is 4.90 Å². The molecule has 0 aliphatic carbocycles. The summed E-state index contributed by atoms with van der Waals surface area (Å²) in [7, 11) is 0. The Balaban J connectivity index is 2.74. The summed E-state index contributed by atoms with van der Waals surface area (Å²) in [6.07, 6.45) is 0.934. The van der Waals surface area contributed by atoms with E-state index in [1.165, 1.54) is 11.1 Å². The van der Waals surface area contributed by atoms with Gasteiger partial charge in [-0.25, -0.2) is 0 Å². The van der Waals surface area contributed by atoms with Crippen LogP contribution in [0.2, 0.25) is 0 Å². The van der Waals surface area contributed by atoms with Crippen molar-refractivity contribution in [2.75, 3.05) is 13.1 Å². The third-order valence-corrected chi connectivity index (χ3v) is 4.06. The van der Waals surface area contributed by atoms with E-state index < -0.39 is 0 Å². The summed E-state index contributed by atoms with van der Waals surface area (Å²) in [5, 5.41) is 0. The molecule has 2 nitrogen and oxygen atoms in total. The van der Waals surface area contributed by atoms with Gasteiger partial charge in [0.15, 0.2) is 0 Å². The number of hydrogen-bond donors (Lipinski definition) is 1. The molecular formula is C16H28N2. The molecule has 0 aliphatic rings. The molecule has 2 N–H and O–H groups in total. The van der Waals surface area contributed by atoms with E-state index >= 15 is 0 Å². The first-order valence-electron chi connectivity index (χ1n) is 6.98. The molecule has 0 heterocycles. The van der Waals surface area contributed by atoms with Crippen molar-refractivity contribution in [2.24, 2.45) is 5.73 Å². The van der Waals surface area contributed by atoms with E-state index in [1.807, 2.05) is 0 Å². The van der Waals surface area contributed by atoms with Crippen LogP contribution in [0.25, 0.3) is 0 Å². The lowest BCUT2D eigenvalue weighted by Crippen LogP contribution is -2.56. The Morgan fingerprint density at radius 2 is 1.61 bits per heavy atom. The van der Waals surface area contributed by atoms with Crippen LogP contribution in [0.15, 0.2) is 24.3 Å². The van der Waals surface area contributed by atoms with Crippen molar-refractivity contribution in [3.63, 3.8) is 0 Å². The molecule has 0 spiro atoms. The highest BCUT2D eigenvalue weighted by Gasteiger charge is 2.31. The second-order valence-corrected chi connectivity index (χ2v) is 5.62. The smallest absolute Gasteiger partial charge is 0.0307 e. The maximum absolute atomic E-state index is 6.43. The van der Waals surface area contributed by atoms with Gasteiger partial charge in [-0.1, -0.05) is 43.7 Å². The molecule has 18 heavy (non-hydrogen) atoms. The Kier molecular flexibility index (Phi) is 5.36. The third-order valence-electron chi connectivity index (χ3n) is 4.06. The Hall–Kier alpha value is -0.860. The van der Waals surface area contributed by atoms with Gasteiger partial charge < -0.3 is 5.73 Å². The topological polar surface area (TPSA) is 29.3 Å². The quantitative estimate of drug-likeness (QED) is 0.838. The molecule has 0 fully saturated rings. The molecule has 1 aromatic rings. The van der Waals surface area contributed by atoms with Gasteiger partial charge in [0.1, 0.15) is 0 Å². The van der Waals surface area contributed by atoms with Crippen LogP contribution >= 0.6 is 0 Å². The van der Waals surface area contributed by atoms with Gasteiger partial charge in [-0.15, -0.1) is 0 Å². The van der Waals surface area contributed by atoms with Gasteiger partial charge in [0, 0.05) is 11.6 Å². The van der Waals surface area contributed by atoms with E-state index in [2.05, 4.69) is 63.8 Å². The molecule has 1 aromatic carbocycles. The first kappa shape index (κ1) is 15.2. The van der Waals surface area contributed by atoms with E-state index in [9.17, 15) is 0 Å². The monoisotopic (exact) mass is 248 g/mol. The summed E-state index contributed by atoms with van der Waals surface area (Å²) < 4.78 is 0. The van der Waals surface area contributed by atoms with Crippen LogP contribution in [-0.4, -0.2) is 29.6 Å². The Morgan fingerprint density at radius 3 is 2.06 bits per heavy atom. The van der Waals surface area contributed by atoms with Crippen LogP contribution in [0.5, 0.6) is 0 Å². The van der Waals surface area contributed by atoms with Crippen LogP contribution in [0.4, 0.5) is 0 Å². The van der Waals surface area contributed by atoms with Gasteiger partial charge in [-0.05, 0) is 45.8 Å². The highest BCUT2D eigenvalue weighted by Crippen LogP contribution is 2.20. The normalized spacial score (nSPS) is 13.9. The minimum absolute atomic E-state index is 0.0361. The van der Waals surface area contributed by atoms with Gasteiger partial charge >= 0.3 is 0 Å². The molecule has 0 aliphatic heterocycles. The zero-order valence-corrected chi connectivity index (χ0v) is 12.5. The molecule has 1 unspecified atom stereocenters. The predicted molar refractivity (Wildman–Crippen MR) is 79.9 cm³/mol. The summed E-state index contributed by atoms with van der Waals surface area (Å²) >= 11 is 0. The predicted octanol–water partition coefficient (Wildman–Crippen LogP) is 2.99. The second kappa shape index (κ2) is 6.35. The van der Waals surface area contributed by atoms with E-state index in [1.54, 1.807) is 0 Å². The zero-order chi connectivity index (χ0) is 13.8. The van der Waals surface area contributed by atoms with E-state index in [4.69, 9.17) is 5.73 Å². The maximum Gasteiger partial charge on any atom is 0.0307 e. The van der Waals surface area contributed by atoms with Gasteiger partial charge in [0.2, 0.25) is 0 Å². The Morgan fingerprint density at radius 1 is 1.11 bits per heavy atom. The fourth-order valence-electron chi connectivity index (χ4n) is 2.50. The fourth-order valence-corrected chi connectivity index (χ4v) is 2.50. The number of rotatable bonds is 6. The molecule has 102 valence electrons. The zero-order valence-electron chi connectivity index (χ0n) is 12.5. The molecule has 2 heteroatoms. The second-order valence-electron chi connectivity index (χ2n) is 5.62. The van der Waals surface area contributed by atoms with Crippen LogP contribution in [0.3, 0.4) is 0 Å². The van der Waals surface area contributed by atoms with Gasteiger partial charge in [-0.3, -0.25) is 4.90 Å². The third kappa shape index (κ3) is 3.56. The minimum atomic E-state index is 0.0361. The summed E-state index contributed by atoms with van der Waals surface area (Å²) in [6.45, 7) is 13.1. The van der Waals surface area contributed by atoms with E-state index in [-0.39, 0.29) is 11.6 Å². The van der Waals surface area contributed by atoms with Gasteiger partial charge in [0.05, 0.1) is 0 Å². The number of hydrogen-bond acceptors (Lipinski definition) is 2. The van der Waals surface area contributed by atoms with Crippen molar-refractivity contribution < 1.29 is 0 Å². The van der Waals surface area contributed by atoms with Crippen LogP contribution in [-0.2, 0) is 6.42 Å². The van der Waals surface area contributed by atoms with Crippen LogP contribution < -0.4 is 5.73 Å². The lowest BCUT2D eigenvalue weighted by Gasteiger charge is -2.42. The first-order chi connectivity index (χ1) is 8.41. The summed E-state index contributed by atoms with van der Waals surface area (Å²) in [6, 6.07) is 8.85. The van der Waals surface area contributed by atoms with E-state index in [0.717, 1.165) is 19.5 Å². The van der Waals surface area contributed by atoms with Crippen molar-refractivity contribution in [3.05, 3.63) is 35.4 Å². The van der Waals surface area contributed by atoms with Crippen molar-refractivity contribution >= 4 is 0 Å². The number of nitrogens with two attached hydrogens (primary N) is 1. The van der Waals surface area contributed by atoms with Gasteiger partial charge in [-0.2, -0.15) is 0 Å². The molecule has 1 rings (SSSR count). The van der Waals surface area contributed by atoms with Crippen LogP contribution in [0.1, 0.15) is 38.8 Å². The van der Waals surface area contributed by atoms with Crippen LogP contribution in [0, 0.1) is 6.92 Å². The Labute approximate surface area is 112 Å². The molecule has 1 atom stereocenters. The van der Waals surface area contributed by atoms with Crippen molar-refractivity contribution in [1.29, 1.82) is 0 Å². The number of aryl methyl sites for hydroxylation is 1. The molecule has 0 saturated carbocycles. The summed E-state index contributed by atoms with van der Waals surface area (Å²) in [4.78, 5) is 2.44. The molecule has 0 aromatic heterocycles. The van der Waals surface area contributed by atoms with Gasteiger partial charge in [0.25, 0.3) is 0 Å². The first-order valence-corrected chi connectivity index (χ1v) is 6.98. The molecule has 0 saturated heterocycles. The largest absolute Gasteiger partial charge is 0.326 e. The number of nitrogens with zero attached hydrogens (tertiary/aromatic N) is 1. The fraction of sp³-hybridized carbons (Fsp3) is 0.625. The highest BCUT2D eigenvalue weighted by molar-refractivity contribution is 5.22. The van der Waals surface area contributed by atoms with E-state index in [0.29, 0.717) is 0 Å². The standard InChI is InChI=1S/C16H28N2/c1-6-18(7-2)16(4,5)15(17)12-14-10-8-13(3)9-11-14/h8-11,15H,6-7,12,17H2,1-5H3. The number of benzene rings is 1. The summed E-state index contributed by atoms with van der Waals surface area (Å²) in [5.74, 6) is 0. The molecule has 0 radical (unpaired) electrons. The Bertz CT molecular complexity index is 350. The maximum atomic E-state index is 6.43. The molecular weight excluding hydrogens is 220 g/mol. The molecule has 0 amide bonds. The average molecular weight is 248 g/mol. The van der Waals surface area contributed by atoms with Crippen molar-refractivity contribution in [2.45, 2.75) is 52.6 Å². The SMILES string of the molecule is CCN(CC)C(C)(C)C(N)Cc1ccc(C)cc1. The lowest BCUT2D eigenvalue weighted by molar-refractivity contribution is 0.106. The highest BCUT2D eigenvalue weighted by atomic mass is 15.2. The van der Waals surface area contributed by atoms with Crippen molar-refractivity contribution in [3.8, 4) is 0 Å². The molecule has 0 bridgehead atoms. The number of likely N-dealkylation sites (N-methyl/N-ethyl adjacent to an activating group) is 1. The minimum Gasteiger partial charge on any atom is -0.326 e.